The normalized spacial score (nSPS) is 20.6. The molecule has 1 aliphatic rings. The number of rotatable bonds is 4. The number of carbonyl (C=O) groups is 1. The summed E-state index contributed by atoms with van der Waals surface area (Å²) in [5, 5.41) is 0. The highest BCUT2D eigenvalue weighted by Gasteiger charge is 2.27. The van der Waals surface area contributed by atoms with Gasteiger partial charge in [-0.05, 0) is 33.1 Å². The Labute approximate surface area is 105 Å². The van der Waals surface area contributed by atoms with Crippen molar-refractivity contribution in [2.75, 3.05) is 20.1 Å². The van der Waals surface area contributed by atoms with E-state index in [4.69, 9.17) is 5.73 Å². The van der Waals surface area contributed by atoms with Crippen molar-refractivity contribution < 1.29 is 4.79 Å². The fraction of sp³-hybridized carbons (Fsp3) is 0.923. The van der Waals surface area contributed by atoms with E-state index in [0.717, 1.165) is 25.9 Å². The Bertz CT molecular complexity index is 247. The molecule has 0 aliphatic carbocycles. The third-order valence-electron chi connectivity index (χ3n) is 3.88. The van der Waals surface area contributed by atoms with E-state index in [1.54, 1.807) is 0 Å². The van der Waals surface area contributed by atoms with Gasteiger partial charge in [0.1, 0.15) is 0 Å². The first kappa shape index (κ1) is 14.5. The number of hydrogen-bond donors (Lipinski definition) is 1. The smallest absolute Gasteiger partial charge is 0.239 e. The molecule has 0 bridgehead atoms. The molecule has 1 saturated heterocycles. The summed E-state index contributed by atoms with van der Waals surface area (Å²) in [5.74, 6) is 0.0931. The minimum atomic E-state index is -0.330. The van der Waals surface area contributed by atoms with Crippen molar-refractivity contribution in [3.63, 3.8) is 0 Å². The van der Waals surface area contributed by atoms with Crippen LogP contribution in [-0.4, -0.2) is 54.0 Å². The number of likely N-dealkylation sites (N-methyl/N-ethyl adjacent to an activating group) is 1. The number of hydrogen-bond acceptors (Lipinski definition) is 3. The van der Waals surface area contributed by atoms with Gasteiger partial charge < -0.3 is 15.5 Å². The molecular weight excluding hydrogens is 214 g/mol. The number of nitrogens with zero attached hydrogens (tertiary/aromatic N) is 2. The van der Waals surface area contributed by atoms with Gasteiger partial charge >= 0.3 is 0 Å². The van der Waals surface area contributed by atoms with Gasteiger partial charge in [0.15, 0.2) is 0 Å². The Morgan fingerprint density at radius 1 is 1.41 bits per heavy atom. The third kappa shape index (κ3) is 3.68. The average Bonchev–Trinajstić information content (AvgIpc) is 2.36. The van der Waals surface area contributed by atoms with E-state index in [-0.39, 0.29) is 11.9 Å². The Kier molecular flexibility index (Phi) is 5.40. The molecule has 2 N–H and O–H groups in total. The molecule has 1 amide bonds. The quantitative estimate of drug-likeness (QED) is 0.800. The van der Waals surface area contributed by atoms with Crippen LogP contribution in [-0.2, 0) is 4.79 Å². The molecule has 1 heterocycles. The Hall–Kier alpha value is -0.610. The monoisotopic (exact) mass is 241 g/mol. The molecule has 1 atom stereocenters. The Balaban J connectivity index is 2.45. The molecule has 0 aromatic heterocycles. The summed E-state index contributed by atoms with van der Waals surface area (Å²) < 4.78 is 0. The predicted octanol–water partition coefficient (Wildman–Crippen LogP) is 1.05. The highest BCUT2D eigenvalue weighted by atomic mass is 16.2. The minimum absolute atomic E-state index is 0.0931. The van der Waals surface area contributed by atoms with Crippen molar-refractivity contribution in [2.24, 2.45) is 5.73 Å². The molecule has 100 valence electrons. The van der Waals surface area contributed by atoms with Gasteiger partial charge in [0.05, 0.1) is 6.04 Å². The standard InChI is InChI=1S/C13H27N3O/c1-5-12(14)13(17)15(4)11-6-8-16(9-7-11)10(2)3/h10-12H,5-9,14H2,1-4H3/t12-/m1/s1. The van der Waals surface area contributed by atoms with Gasteiger partial charge in [-0.1, -0.05) is 6.92 Å². The number of likely N-dealkylation sites (tertiary alicyclic amines) is 1. The van der Waals surface area contributed by atoms with Crippen LogP contribution in [0, 0.1) is 0 Å². The summed E-state index contributed by atoms with van der Waals surface area (Å²) in [5.41, 5.74) is 5.80. The lowest BCUT2D eigenvalue weighted by atomic mass is 10.0. The topological polar surface area (TPSA) is 49.6 Å². The van der Waals surface area contributed by atoms with Gasteiger partial charge in [0.2, 0.25) is 5.91 Å². The first-order valence-corrected chi connectivity index (χ1v) is 6.73. The van der Waals surface area contributed by atoms with Crippen molar-refractivity contribution in [1.29, 1.82) is 0 Å². The van der Waals surface area contributed by atoms with Crippen molar-refractivity contribution in [3.05, 3.63) is 0 Å². The molecule has 0 saturated carbocycles. The molecule has 1 rings (SSSR count). The van der Waals surface area contributed by atoms with Crippen LogP contribution in [0.1, 0.15) is 40.0 Å². The van der Waals surface area contributed by atoms with Crippen molar-refractivity contribution in [1.82, 2.24) is 9.80 Å². The van der Waals surface area contributed by atoms with Crippen LogP contribution in [0.3, 0.4) is 0 Å². The molecule has 1 aliphatic heterocycles. The van der Waals surface area contributed by atoms with E-state index < -0.39 is 0 Å². The Morgan fingerprint density at radius 2 is 1.94 bits per heavy atom. The van der Waals surface area contributed by atoms with Crippen LogP contribution in [0.4, 0.5) is 0 Å². The molecule has 17 heavy (non-hydrogen) atoms. The predicted molar refractivity (Wildman–Crippen MR) is 70.8 cm³/mol. The molecular formula is C13H27N3O. The number of piperidine rings is 1. The fourth-order valence-electron chi connectivity index (χ4n) is 2.41. The van der Waals surface area contributed by atoms with Gasteiger partial charge in [-0.25, -0.2) is 0 Å². The van der Waals surface area contributed by atoms with E-state index in [1.807, 2.05) is 18.9 Å². The minimum Gasteiger partial charge on any atom is -0.341 e. The maximum absolute atomic E-state index is 12.0. The summed E-state index contributed by atoms with van der Waals surface area (Å²) >= 11 is 0. The average molecular weight is 241 g/mol. The fourth-order valence-corrected chi connectivity index (χ4v) is 2.41. The van der Waals surface area contributed by atoms with E-state index in [2.05, 4.69) is 18.7 Å². The maximum Gasteiger partial charge on any atom is 0.239 e. The van der Waals surface area contributed by atoms with Crippen LogP contribution in [0.2, 0.25) is 0 Å². The van der Waals surface area contributed by atoms with E-state index in [1.165, 1.54) is 0 Å². The van der Waals surface area contributed by atoms with Crippen molar-refractivity contribution >= 4 is 5.91 Å². The van der Waals surface area contributed by atoms with Gasteiger partial charge in [0.25, 0.3) is 0 Å². The second kappa shape index (κ2) is 6.36. The summed E-state index contributed by atoms with van der Waals surface area (Å²) in [4.78, 5) is 16.3. The largest absolute Gasteiger partial charge is 0.341 e. The van der Waals surface area contributed by atoms with Gasteiger partial charge in [-0.2, -0.15) is 0 Å². The zero-order chi connectivity index (χ0) is 13.0. The van der Waals surface area contributed by atoms with Gasteiger partial charge in [-0.3, -0.25) is 4.79 Å². The summed E-state index contributed by atoms with van der Waals surface area (Å²) in [6.07, 6.45) is 2.85. The molecule has 0 radical (unpaired) electrons. The summed E-state index contributed by atoms with van der Waals surface area (Å²) in [7, 11) is 1.90. The molecule has 4 heteroatoms. The molecule has 0 aromatic rings. The lowest BCUT2D eigenvalue weighted by Crippen LogP contribution is -2.51. The SMILES string of the molecule is CC[C@@H](N)C(=O)N(C)C1CCN(C(C)C)CC1. The molecule has 0 aromatic carbocycles. The first-order valence-electron chi connectivity index (χ1n) is 6.73. The molecule has 1 fully saturated rings. The van der Waals surface area contributed by atoms with Gasteiger partial charge in [0, 0.05) is 32.2 Å². The number of nitrogens with two attached hydrogens (primary N) is 1. The second-order valence-corrected chi connectivity index (χ2v) is 5.32. The highest BCUT2D eigenvalue weighted by molar-refractivity contribution is 5.81. The Morgan fingerprint density at radius 3 is 2.35 bits per heavy atom. The van der Waals surface area contributed by atoms with Crippen molar-refractivity contribution in [2.45, 2.75) is 58.2 Å². The van der Waals surface area contributed by atoms with Crippen molar-refractivity contribution in [3.8, 4) is 0 Å². The zero-order valence-electron chi connectivity index (χ0n) is 11.6. The third-order valence-corrected chi connectivity index (χ3v) is 3.88. The van der Waals surface area contributed by atoms with Crippen LogP contribution in [0.15, 0.2) is 0 Å². The maximum atomic E-state index is 12.0. The van der Waals surface area contributed by atoms with Crippen LogP contribution < -0.4 is 5.73 Å². The number of carbonyl (C=O) groups excluding carboxylic acids is 1. The molecule has 0 spiro atoms. The molecule has 0 unspecified atom stereocenters. The number of amides is 1. The lowest BCUT2D eigenvalue weighted by Gasteiger charge is -2.39. The lowest BCUT2D eigenvalue weighted by molar-refractivity contribution is -0.134. The van der Waals surface area contributed by atoms with Crippen LogP contribution in [0.25, 0.3) is 0 Å². The first-order chi connectivity index (χ1) is 7.97. The highest BCUT2D eigenvalue weighted by Crippen LogP contribution is 2.17. The summed E-state index contributed by atoms with van der Waals surface area (Å²) in [6.45, 7) is 8.57. The zero-order valence-corrected chi connectivity index (χ0v) is 11.6. The molecule has 4 nitrogen and oxygen atoms in total. The summed E-state index contributed by atoms with van der Waals surface area (Å²) in [6, 6.07) is 0.646. The van der Waals surface area contributed by atoms with Crippen LogP contribution in [0.5, 0.6) is 0 Å². The van der Waals surface area contributed by atoms with Crippen LogP contribution >= 0.6 is 0 Å². The van der Waals surface area contributed by atoms with E-state index in [0.29, 0.717) is 18.5 Å². The van der Waals surface area contributed by atoms with E-state index in [9.17, 15) is 4.79 Å². The second-order valence-electron chi connectivity index (χ2n) is 5.32. The van der Waals surface area contributed by atoms with Gasteiger partial charge in [-0.15, -0.1) is 0 Å². The van der Waals surface area contributed by atoms with E-state index >= 15 is 0 Å².